The predicted octanol–water partition coefficient (Wildman–Crippen LogP) is 4.36. The number of piperidine rings is 1. The van der Waals surface area contributed by atoms with Crippen LogP contribution < -0.4 is 5.32 Å². The molecule has 1 N–H and O–H groups in total. The molecule has 2 aromatic rings. The number of rotatable bonds is 6. The zero-order valence-electron chi connectivity index (χ0n) is 18.9. The zero-order valence-corrected chi connectivity index (χ0v) is 19.6. The number of likely N-dealkylation sites (tertiary alicyclic amines) is 1. The van der Waals surface area contributed by atoms with Crippen molar-refractivity contribution in [1.29, 1.82) is 0 Å². The summed E-state index contributed by atoms with van der Waals surface area (Å²) in [6, 6.07) is 17.1. The lowest BCUT2D eigenvalue weighted by molar-refractivity contribution is -0.134. The molecule has 2 aliphatic heterocycles. The van der Waals surface area contributed by atoms with E-state index in [2.05, 4.69) is 36.2 Å². The second-order valence-corrected chi connectivity index (χ2v) is 9.56. The number of nitrogens with zero attached hydrogens (tertiary/aromatic N) is 2. The van der Waals surface area contributed by atoms with Crippen LogP contribution in [0.4, 0.5) is 0 Å². The van der Waals surface area contributed by atoms with Crippen molar-refractivity contribution < 1.29 is 9.59 Å². The fourth-order valence-electron chi connectivity index (χ4n) is 4.86. The van der Waals surface area contributed by atoms with Crippen LogP contribution >= 0.6 is 11.6 Å². The van der Waals surface area contributed by atoms with Crippen molar-refractivity contribution in [2.24, 2.45) is 5.92 Å². The third-order valence-electron chi connectivity index (χ3n) is 6.98. The summed E-state index contributed by atoms with van der Waals surface area (Å²) in [5, 5.41) is 4.19. The van der Waals surface area contributed by atoms with Gasteiger partial charge in [0.1, 0.15) is 0 Å². The minimum absolute atomic E-state index is 0.0379. The molecule has 2 aliphatic rings. The molecule has 0 unspecified atom stereocenters. The molecule has 4 rings (SSSR count). The quantitative estimate of drug-likeness (QED) is 0.706. The van der Waals surface area contributed by atoms with Crippen molar-refractivity contribution in [2.45, 2.75) is 51.2 Å². The van der Waals surface area contributed by atoms with E-state index in [9.17, 15) is 9.59 Å². The second kappa shape index (κ2) is 9.63. The SMILES string of the molecule is CC[C@@H](C)CN1C(=O)[C@H](Cc2ccccc2)NC12CCN(C(=O)c1ccccc1Cl)CC2. The van der Waals surface area contributed by atoms with Gasteiger partial charge in [0.15, 0.2) is 0 Å². The molecule has 0 aromatic heterocycles. The molecular formula is C26H32ClN3O2. The number of carbonyl (C=O) groups is 2. The zero-order chi connectivity index (χ0) is 22.7. The van der Waals surface area contributed by atoms with Gasteiger partial charge in [-0.2, -0.15) is 0 Å². The largest absolute Gasteiger partial charge is 0.338 e. The van der Waals surface area contributed by atoms with E-state index in [4.69, 9.17) is 11.6 Å². The highest BCUT2D eigenvalue weighted by Gasteiger charge is 2.51. The molecule has 2 amide bonds. The van der Waals surface area contributed by atoms with Gasteiger partial charge in [-0.1, -0.05) is 74.3 Å². The Balaban J connectivity index is 1.51. The standard InChI is InChI=1S/C26H32ClN3O2/c1-3-19(2)18-30-25(32)23(17-20-9-5-4-6-10-20)28-26(30)13-15-29(16-14-26)24(31)21-11-7-8-12-22(21)27/h4-12,19,23,28H,3,13-18H2,1-2H3/t19-,23+/m1/s1. The van der Waals surface area contributed by atoms with Gasteiger partial charge in [-0.25, -0.2) is 0 Å². The molecule has 0 saturated carbocycles. The van der Waals surface area contributed by atoms with Crippen LogP contribution in [-0.2, 0) is 11.2 Å². The molecule has 0 bridgehead atoms. The Hall–Kier alpha value is -2.37. The van der Waals surface area contributed by atoms with Crippen LogP contribution in [0.15, 0.2) is 54.6 Å². The van der Waals surface area contributed by atoms with Crippen molar-refractivity contribution in [1.82, 2.24) is 15.1 Å². The first kappa shape index (κ1) is 22.8. The minimum Gasteiger partial charge on any atom is -0.338 e. The summed E-state index contributed by atoms with van der Waals surface area (Å²) >= 11 is 6.26. The maximum Gasteiger partial charge on any atom is 0.255 e. The summed E-state index contributed by atoms with van der Waals surface area (Å²) in [6.07, 6.45) is 3.15. The molecule has 1 spiro atoms. The van der Waals surface area contributed by atoms with Crippen molar-refractivity contribution in [3.05, 3.63) is 70.7 Å². The van der Waals surface area contributed by atoms with Crippen LogP contribution in [0.5, 0.6) is 0 Å². The summed E-state index contributed by atoms with van der Waals surface area (Å²) < 4.78 is 0. The van der Waals surface area contributed by atoms with E-state index in [-0.39, 0.29) is 17.9 Å². The number of hydrogen-bond acceptors (Lipinski definition) is 3. The number of halogens is 1. The Bertz CT molecular complexity index is 957. The molecule has 2 heterocycles. The third-order valence-corrected chi connectivity index (χ3v) is 7.31. The topological polar surface area (TPSA) is 52.7 Å². The smallest absolute Gasteiger partial charge is 0.255 e. The van der Waals surface area contributed by atoms with Crippen LogP contribution in [0.1, 0.15) is 49.0 Å². The van der Waals surface area contributed by atoms with Gasteiger partial charge in [-0.05, 0) is 30.0 Å². The molecule has 32 heavy (non-hydrogen) atoms. The normalized spacial score (nSPS) is 21.2. The van der Waals surface area contributed by atoms with E-state index in [0.717, 1.165) is 31.4 Å². The van der Waals surface area contributed by atoms with Crippen molar-refractivity contribution in [2.75, 3.05) is 19.6 Å². The summed E-state index contributed by atoms with van der Waals surface area (Å²) in [6.45, 7) is 6.30. The lowest BCUT2D eigenvalue weighted by Crippen LogP contribution is -2.60. The summed E-state index contributed by atoms with van der Waals surface area (Å²) in [7, 11) is 0. The van der Waals surface area contributed by atoms with Gasteiger partial charge in [0.2, 0.25) is 5.91 Å². The van der Waals surface area contributed by atoms with Gasteiger partial charge in [0, 0.05) is 32.5 Å². The molecule has 0 radical (unpaired) electrons. The van der Waals surface area contributed by atoms with Crippen molar-refractivity contribution >= 4 is 23.4 Å². The van der Waals surface area contributed by atoms with Gasteiger partial charge in [0.05, 0.1) is 22.3 Å². The molecule has 2 atom stereocenters. The fourth-order valence-corrected chi connectivity index (χ4v) is 5.07. The van der Waals surface area contributed by atoms with Crippen molar-refractivity contribution in [3.63, 3.8) is 0 Å². The molecular weight excluding hydrogens is 422 g/mol. The first-order valence-corrected chi connectivity index (χ1v) is 12.0. The highest BCUT2D eigenvalue weighted by Crippen LogP contribution is 2.35. The highest BCUT2D eigenvalue weighted by molar-refractivity contribution is 6.33. The Morgan fingerprint density at radius 1 is 1.12 bits per heavy atom. The van der Waals surface area contributed by atoms with Crippen LogP contribution in [0.3, 0.4) is 0 Å². The van der Waals surface area contributed by atoms with E-state index in [1.54, 1.807) is 12.1 Å². The maximum atomic E-state index is 13.5. The van der Waals surface area contributed by atoms with Gasteiger partial charge in [0.25, 0.3) is 5.91 Å². The Kier molecular flexibility index (Phi) is 6.87. The van der Waals surface area contributed by atoms with Crippen LogP contribution in [0.25, 0.3) is 0 Å². The van der Waals surface area contributed by atoms with Gasteiger partial charge < -0.3 is 9.80 Å². The van der Waals surface area contributed by atoms with Crippen molar-refractivity contribution in [3.8, 4) is 0 Å². The molecule has 2 saturated heterocycles. The first-order chi connectivity index (χ1) is 15.4. The summed E-state index contributed by atoms with van der Waals surface area (Å²) in [4.78, 5) is 30.5. The maximum absolute atomic E-state index is 13.5. The molecule has 5 nitrogen and oxygen atoms in total. The average Bonchev–Trinajstić information content (AvgIpc) is 3.05. The Morgan fingerprint density at radius 2 is 1.78 bits per heavy atom. The lowest BCUT2D eigenvalue weighted by atomic mass is 9.94. The number of nitrogens with one attached hydrogen (secondary N) is 1. The fraction of sp³-hybridized carbons (Fsp3) is 0.462. The molecule has 0 aliphatic carbocycles. The number of carbonyl (C=O) groups excluding carboxylic acids is 2. The number of amides is 2. The molecule has 6 heteroatoms. The summed E-state index contributed by atoms with van der Waals surface area (Å²) in [5.74, 6) is 0.569. The predicted molar refractivity (Wildman–Crippen MR) is 128 cm³/mol. The minimum atomic E-state index is -0.392. The molecule has 2 fully saturated rings. The average molecular weight is 454 g/mol. The summed E-state index contributed by atoms with van der Waals surface area (Å²) in [5.41, 5.74) is 1.31. The Morgan fingerprint density at radius 3 is 2.44 bits per heavy atom. The van der Waals surface area contributed by atoms with E-state index in [1.165, 1.54) is 0 Å². The van der Waals surface area contributed by atoms with E-state index in [1.807, 2.05) is 35.2 Å². The van der Waals surface area contributed by atoms with Gasteiger partial charge in [-0.15, -0.1) is 0 Å². The second-order valence-electron chi connectivity index (χ2n) is 9.15. The van der Waals surface area contributed by atoms with E-state index in [0.29, 0.717) is 36.0 Å². The number of hydrogen-bond donors (Lipinski definition) is 1. The third kappa shape index (κ3) is 4.55. The van der Waals surface area contributed by atoms with Crippen LogP contribution in [0.2, 0.25) is 5.02 Å². The van der Waals surface area contributed by atoms with Gasteiger partial charge >= 0.3 is 0 Å². The molecule has 170 valence electrons. The van der Waals surface area contributed by atoms with Crippen LogP contribution in [0, 0.1) is 5.92 Å². The number of benzene rings is 2. The van der Waals surface area contributed by atoms with Gasteiger partial charge in [-0.3, -0.25) is 14.9 Å². The van der Waals surface area contributed by atoms with Crippen LogP contribution in [-0.4, -0.2) is 53.0 Å². The van der Waals surface area contributed by atoms with E-state index < -0.39 is 5.66 Å². The first-order valence-electron chi connectivity index (χ1n) is 11.6. The molecule has 2 aromatic carbocycles. The van der Waals surface area contributed by atoms with E-state index >= 15 is 0 Å². The monoisotopic (exact) mass is 453 g/mol. The lowest BCUT2D eigenvalue weighted by Gasteiger charge is -2.45. The Labute approximate surface area is 195 Å². The highest BCUT2D eigenvalue weighted by atomic mass is 35.5.